The number of methoxy groups -OCH3 is 1. The molecule has 1 N–H and O–H groups in total. The fraction of sp³-hybridized carbons (Fsp3) is 0.714. The van der Waals surface area contributed by atoms with Crippen LogP contribution in [0.25, 0.3) is 0 Å². The first-order chi connectivity index (χ1) is 8.28. The molecule has 0 bridgehead atoms. The van der Waals surface area contributed by atoms with Gasteiger partial charge in [-0.2, -0.15) is 0 Å². The maximum absolute atomic E-state index is 5.67. The SMILES string of the molecule is CCc1ccc(CC(NC)C(OC)C2CC2)s1. The largest absolute Gasteiger partial charge is 0.380 e. The lowest BCUT2D eigenvalue weighted by Crippen LogP contribution is -2.41. The molecule has 2 unspecified atom stereocenters. The Morgan fingerprint density at radius 2 is 2.12 bits per heavy atom. The van der Waals surface area contributed by atoms with Crippen molar-refractivity contribution in [2.24, 2.45) is 5.92 Å². The molecular weight excluding hydrogens is 230 g/mol. The van der Waals surface area contributed by atoms with Gasteiger partial charge >= 0.3 is 0 Å². The lowest BCUT2D eigenvalue weighted by atomic mass is 10.0. The molecule has 0 amide bonds. The van der Waals surface area contributed by atoms with E-state index in [2.05, 4.69) is 24.4 Å². The number of aryl methyl sites for hydroxylation is 1. The number of ether oxygens (including phenoxy) is 1. The molecule has 0 aromatic carbocycles. The van der Waals surface area contributed by atoms with E-state index >= 15 is 0 Å². The second-order valence-electron chi connectivity index (χ2n) is 4.86. The molecule has 2 atom stereocenters. The van der Waals surface area contributed by atoms with E-state index in [9.17, 15) is 0 Å². The van der Waals surface area contributed by atoms with Gasteiger partial charge in [-0.15, -0.1) is 11.3 Å². The molecule has 17 heavy (non-hydrogen) atoms. The molecule has 0 spiro atoms. The minimum Gasteiger partial charge on any atom is -0.380 e. The predicted octanol–water partition coefficient (Wildman–Crippen LogP) is 2.87. The van der Waals surface area contributed by atoms with E-state index in [1.165, 1.54) is 22.6 Å². The van der Waals surface area contributed by atoms with Gasteiger partial charge in [-0.3, -0.25) is 0 Å². The summed E-state index contributed by atoms with van der Waals surface area (Å²) < 4.78 is 5.67. The van der Waals surface area contributed by atoms with Crippen molar-refractivity contribution in [1.29, 1.82) is 0 Å². The van der Waals surface area contributed by atoms with Crippen LogP contribution in [0.2, 0.25) is 0 Å². The molecule has 1 aromatic rings. The normalized spacial score (nSPS) is 19.2. The van der Waals surface area contributed by atoms with Gasteiger partial charge in [0.15, 0.2) is 0 Å². The van der Waals surface area contributed by atoms with Gasteiger partial charge in [-0.25, -0.2) is 0 Å². The van der Waals surface area contributed by atoms with E-state index in [0.717, 1.165) is 18.8 Å². The average molecular weight is 253 g/mol. The summed E-state index contributed by atoms with van der Waals surface area (Å²) in [5.74, 6) is 0.781. The van der Waals surface area contributed by atoms with E-state index in [-0.39, 0.29) is 0 Å². The van der Waals surface area contributed by atoms with Gasteiger partial charge in [0.2, 0.25) is 0 Å². The Hall–Kier alpha value is -0.380. The number of hydrogen-bond donors (Lipinski definition) is 1. The molecule has 2 rings (SSSR count). The molecule has 96 valence electrons. The van der Waals surface area contributed by atoms with Gasteiger partial charge in [0.05, 0.1) is 6.10 Å². The highest BCUT2D eigenvalue weighted by Gasteiger charge is 2.36. The molecule has 1 saturated carbocycles. The Labute approximate surface area is 108 Å². The van der Waals surface area contributed by atoms with Crippen molar-refractivity contribution in [3.63, 3.8) is 0 Å². The van der Waals surface area contributed by atoms with Crippen LogP contribution in [0.4, 0.5) is 0 Å². The minimum absolute atomic E-state index is 0.382. The van der Waals surface area contributed by atoms with Crippen LogP contribution in [0.15, 0.2) is 12.1 Å². The molecule has 1 heterocycles. The fourth-order valence-electron chi connectivity index (χ4n) is 2.43. The zero-order chi connectivity index (χ0) is 12.3. The van der Waals surface area contributed by atoms with Crippen LogP contribution in [-0.4, -0.2) is 26.3 Å². The van der Waals surface area contributed by atoms with Gasteiger partial charge in [-0.05, 0) is 50.8 Å². The fourth-order valence-corrected chi connectivity index (χ4v) is 3.45. The van der Waals surface area contributed by atoms with E-state index in [1.807, 2.05) is 25.5 Å². The summed E-state index contributed by atoms with van der Waals surface area (Å²) in [6.07, 6.45) is 5.29. The van der Waals surface area contributed by atoms with Crippen LogP contribution < -0.4 is 5.32 Å². The molecule has 1 aliphatic carbocycles. The van der Waals surface area contributed by atoms with Crippen molar-refractivity contribution in [1.82, 2.24) is 5.32 Å². The summed E-state index contributed by atoms with van der Waals surface area (Å²) in [5, 5.41) is 3.43. The van der Waals surface area contributed by atoms with Gasteiger partial charge in [0.1, 0.15) is 0 Å². The number of thiophene rings is 1. The highest BCUT2D eigenvalue weighted by molar-refractivity contribution is 7.11. The van der Waals surface area contributed by atoms with Gasteiger partial charge in [0, 0.05) is 22.9 Å². The Kier molecular flexibility index (Phi) is 4.60. The van der Waals surface area contributed by atoms with E-state index in [1.54, 1.807) is 0 Å². The zero-order valence-electron chi connectivity index (χ0n) is 11.0. The number of nitrogens with one attached hydrogen (secondary N) is 1. The van der Waals surface area contributed by atoms with Crippen molar-refractivity contribution >= 4 is 11.3 Å². The third-order valence-electron chi connectivity index (χ3n) is 3.61. The van der Waals surface area contributed by atoms with Crippen molar-refractivity contribution in [2.75, 3.05) is 14.2 Å². The maximum Gasteiger partial charge on any atom is 0.0755 e. The zero-order valence-corrected chi connectivity index (χ0v) is 11.8. The van der Waals surface area contributed by atoms with E-state index in [0.29, 0.717) is 12.1 Å². The summed E-state index contributed by atoms with van der Waals surface area (Å²) in [4.78, 5) is 2.96. The summed E-state index contributed by atoms with van der Waals surface area (Å²) >= 11 is 1.94. The van der Waals surface area contributed by atoms with Crippen LogP contribution in [-0.2, 0) is 17.6 Å². The highest BCUT2D eigenvalue weighted by Crippen LogP contribution is 2.36. The summed E-state index contributed by atoms with van der Waals surface area (Å²) in [6.45, 7) is 2.22. The van der Waals surface area contributed by atoms with Crippen molar-refractivity contribution in [2.45, 2.75) is 44.8 Å². The first-order valence-corrected chi connectivity index (χ1v) is 7.37. The first-order valence-electron chi connectivity index (χ1n) is 6.56. The molecule has 0 aliphatic heterocycles. The lowest BCUT2D eigenvalue weighted by Gasteiger charge is -2.25. The first kappa shape index (κ1) is 13.1. The molecule has 3 heteroatoms. The molecule has 1 aromatic heterocycles. The standard InChI is InChI=1S/C14H23NOS/c1-4-11-7-8-12(17-11)9-13(15-2)14(16-3)10-5-6-10/h7-8,10,13-15H,4-6,9H2,1-3H3. The Balaban J connectivity index is 1.97. The summed E-state index contributed by atoms with van der Waals surface area (Å²) in [5.41, 5.74) is 0. The monoisotopic (exact) mass is 253 g/mol. The molecule has 1 fully saturated rings. The summed E-state index contributed by atoms with van der Waals surface area (Å²) in [7, 11) is 3.90. The van der Waals surface area contributed by atoms with Crippen LogP contribution >= 0.6 is 11.3 Å². The van der Waals surface area contributed by atoms with Crippen LogP contribution in [0.5, 0.6) is 0 Å². The molecule has 0 saturated heterocycles. The van der Waals surface area contributed by atoms with Crippen LogP contribution in [0.1, 0.15) is 29.5 Å². The second-order valence-corrected chi connectivity index (χ2v) is 6.11. The quantitative estimate of drug-likeness (QED) is 0.807. The van der Waals surface area contributed by atoms with Crippen molar-refractivity contribution < 1.29 is 4.74 Å². The van der Waals surface area contributed by atoms with Gasteiger partial charge < -0.3 is 10.1 Å². The molecular formula is C14H23NOS. The topological polar surface area (TPSA) is 21.3 Å². The minimum atomic E-state index is 0.382. The maximum atomic E-state index is 5.67. The second kappa shape index (κ2) is 5.98. The predicted molar refractivity (Wildman–Crippen MR) is 73.8 cm³/mol. The molecule has 2 nitrogen and oxygen atoms in total. The average Bonchev–Trinajstić information content (AvgIpc) is 3.08. The van der Waals surface area contributed by atoms with Crippen molar-refractivity contribution in [3.8, 4) is 0 Å². The summed E-state index contributed by atoms with van der Waals surface area (Å²) in [6, 6.07) is 4.98. The number of likely N-dealkylation sites (N-methyl/N-ethyl adjacent to an activating group) is 1. The van der Waals surface area contributed by atoms with Crippen molar-refractivity contribution in [3.05, 3.63) is 21.9 Å². The van der Waals surface area contributed by atoms with Gasteiger partial charge in [-0.1, -0.05) is 6.92 Å². The third kappa shape index (κ3) is 3.30. The highest BCUT2D eigenvalue weighted by atomic mass is 32.1. The smallest absolute Gasteiger partial charge is 0.0755 e. The molecule has 0 radical (unpaired) electrons. The molecule has 1 aliphatic rings. The number of rotatable bonds is 7. The Morgan fingerprint density at radius 3 is 2.59 bits per heavy atom. The third-order valence-corrected chi connectivity index (χ3v) is 4.86. The van der Waals surface area contributed by atoms with Gasteiger partial charge in [0.25, 0.3) is 0 Å². The van der Waals surface area contributed by atoms with E-state index in [4.69, 9.17) is 4.74 Å². The lowest BCUT2D eigenvalue weighted by molar-refractivity contribution is 0.0536. The van der Waals surface area contributed by atoms with Crippen LogP contribution in [0, 0.1) is 5.92 Å². The van der Waals surface area contributed by atoms with Crippen LogP contribution in [0.3, 0.4) is 0 Å². The van der Waals surface area contributed by atoms with E-state index < -0.39 is 0 Å². The Morgan fingerprint density at radius 1 is 1.41 bits per heavy atom. The Bertz CT molecular complexity index is 346. The number of hydrogen-bond acceptors (Lipinski definition) is 3.